The Morgan fingerprint density at radius 1 is 1.19 bits per heavy atom. The standard InChI is InChI=1S/C23H23F3N2O3/c1-30-18-10-11-21(31-2)19(15-18)20-9-5-13-28(20)22(29)27-12-4-7-16-6-3-8-17(14-16)23(24,25)26/h3,6,8,10-11,14-15,20H,5,9,12-13H2,1-2H3,(H,27,29). The highest BCUT2D eigenvalue weighted by Gasteiger charge is 2.32. The lowest BCUT2D eigenvalue weighted by atomic mass is 10.0. The van der Waals surface area contributed by atoms with Crippen LogP contribution in [0.5, 0.6) is 11.5 Å². The van der Waals surface area contributed by atoms with E-state index in [-0.39, 0.29) is 24.2 Å². The summed E-state index contributed by atoms with van der Waals surface area (Å²) >= 11 is 0. The number of alkyl halides is 3. The Balaban J connectivity index is 1.66. The number of nitrogens with zero attached hydrogens (tertiary/aromatic N) is 1. The number of halogens is 3. The van der Waals surface area contributed by atoms with Crippen LogP contribution in [0.15, 0.2) is 42.5 Å². The van der Waals surface area contributed by atoms with Crippen LogP contribution in [0.4, 0.5) is 18.0 Å². The fourth-order valence-corrected chi connectivity index (χ4v) is 3.57. The van der Waals surface area contributed by atoms with Crippen LogP contribution >= 0.6 is 0 Å². The third-order valence-electron chi connectivity index (χ3n) is 5.06. The van der Waals surface area contributed by atoms with E-state index in [1.807, 2.05) is 12.1 Å². The second-order valence-electron chi connectivity index (χ2n) is 7.00. The van der Waals surface area contributed by atoms with Gasteiger partial charge in [-0.05, 0) is 49.2 Å². The Bertz CT molecular complexity index is 996. The van der Waals surface area contributed by atoms with E-state index in [2.05, 4.69) is 17.2 Å². The highest BCUT2D eigenvalue weighted by Crippen LogP contribution is 2.38. The zero-order valence-corrected chi connectivity index (χ0v) is 17.3. The second-order valence-corrected chi connectivity index (χ2v) is 7.00. The van der Waals surface area contributed by atoms with Gasteiger partial charge in [0, 0.05) is 17.7 Å². The molecule has 8 heteroatoms. The highest BCUT2D eigenvalue weighted by molar-refractivity contribution is 5.75. The van der Waals surface area contributed by atoms with Crippen molar-refractivity contribution in [3.8, 4) is 23.3 Å². The summed E-state index contributed by atoms with van der Waals surface area (Å²) in [6.45, 7) is 0.603. The van der Waals surface area contributed by atoms with Gasteiger partial charge in [0.25, 0.3) is 0 Å². The number of rotatable bonds is 4. The highest BCUT2D eigenvalue weighted by atomic mass is 19.4. The molecule has 1 aliphatic heterocycles. The lowest BCUT2D eigenvalue weighted by Crippen LogP contribution is -2.39. The van der Waals surface area contributed by atoms with Gasteiger partial charge < -0.3 is 19.7 Å². The molecule has 1 atom stereocenters. The third kappa shape index (κ3) is 5.43. The van der Waals surface area contributed by atoms with E-state index in [0.717, 1.165) is 30.5 Å². The molecule has 0 aromatic heterocycles. The zero-order valence-electron chi connectivity index (χ0n) is 17.3. The maximum Gasteiger partial charge on any atom is 0.416 e. The van der Waals surface area contributed by atoms with E-state index >= 15 is 0 Å². The van der Waals surface area contributed by atoms with Crippen molar-refractivity contribution in [2.75, 3.05) is 27.3 Å². The third-order valence-corrected chi connectivity index (χ3v) is 5.06. The Morgan fingerprint density at radius 2 is 2.00 bits per heavy atom. The van der Waals surface area contributed by atoms with Crippen molar-refractivity contribution in [2.24, 2.45) is 0 Å². The molecule has 5 nitrogen and oxygen atoms in total. The minimum absolute atomic E-state index is 0.0214. The number of likely N-dealkylation sites (tertiary alicyclic amines) is 1. The lowest BCUT2D eigenvalue weighted by molar-refractivity contribution is -0.137. The number of urea groups is 1. The van der Waals surface area contributed by atoms with Crippen LogP contribution in [0, 0.1) is 11.8 Å². The number of hydrogen-bond acceptors (Lipinski definition) is 3. The van der Waals surface area contributed by atoms with Gasteiger partial charge in [-0.3, -0.25) is 0 Å². The molecule has 31 heavy (non-hydrogen) atoms. The summed E-state index contributed by atoms with van der Waals surface area (Å²) in [7, 11) is 3.15. The van der Waals surface area contributed by atoms with Crippen molar-refractivity contribution in [3.05, 3.63) is 59.2 Å². The van der Waals surface area contributed by atoms with Gasteiger partial charge in [0.2, 0.25) is 0 Å². The number of amides is 2. The summed E-state index contributed by atoms with van der Waals surface area (Å²) in [6.07, 6.45) is -2.79. The summed E-state index contributed by atoms with van der Waals surface area (Å²) in [5, 5.41) is 2.72. The molecule has 2 amide bonds. The van der Waals surface area contributed by atoms with Gasteiger partial charge in [-0.25, -0.2) is 4.79 Å². The molecule has 164 valence electrons. The van der Waals surface area contributed by atoms with Gasteiger partial charge in [0.05, 0.1) is 32.4 Å². The predicted molar refractivity (Wildman–Crippen MR) is 110 cm³/mol. The largest absolute Gasteiger partial charge is 0.497 e. The van der Waals surface area contributed by atoms with Crippen molar-refractivity contribution < 1.29 is 27.4 Å². The average Bonchev–Trinajstić information content (AvgIpc) is 3.25. The van der Waals surface area contributed by atoms with Crippen molar-refractivity contribution in [1.29, 1.82) is 0 Å². The molecule has 2 aromatic carbocycles. The maximum absolute atomic E-state index is 12.8. The number of benzene rings is 2. The number of carbonyl (C=O) groups is 1. The first-order valence-electron chi connectivity index (χ1n) is 9.76. The first-order chi connectivity index (χ1) is 14.8. The van der Waals surface area contributed by atoms with Crippen LogP contribution in [0.2, 0.25) is 0 Å². The van der Waals surface area contributed by atoms with Gasteiger partial charge in [0.1, 0.15) is 11.5 Å². The molecule has 1 unspecified atom stereocenters. The van der Waals surface area contributed by atoms with Crippen LogP contribution in [0.25, 0.3) is 0 Å². The molecule has 1 N–H and O–H groups in total. The van der Waals surface area contributed by atoms with E-state index in [0.29, 0.717) is 18.0 Å². The summed E-state index contributed by atoms with van der Waals surface area (Å²) < 4.78 is 49.1. The quantitative estimate of drug-likeness (QED) is 0.718. The maximum atomic E-state index is 12.8. The first-order valence-corrected chi connectivity index (χ1v) is 9.76. The van der Waals surface area contributed by atoms with Crippen molar-refractivity contribution >= 4 is 6.03 Å². The van der Waals surface area contributed by atoms with Gasteiger partial charge in [0.15, 0.2) is 0 Å². The predicted octanol–water partition coefficient (Wildman–Crippen LogP) is 4.62. The van der Waals surface area contributed by atoms with E-state index in [1.165, 1.54) is 12.1 Å². The van der Waals surface area contributed by atoms with Gasteiger partial charge in [-0.2, -0.15) is 13.2 Å². The van der Waals surface area contributed by atoms with E-state index in [9.17, 15) is 18.0 Å². The number of carbonyl (C=O) groups excluding carboxylic acids is 1. The van der Waals surface area contributed by atoms with Crippen molar-refractivity contribution in [2.45, 2.75) is 25.1 Å². The normalized spacial score (nSPS) is 15.8. The van der Waals surface area contributed by atoms with Crippen LogP contribution in [-0.4, -0.2) is 38.2 Å². The molecule has 0 spiro atoms. The Hall–Kier alpha value is -3.34. The molecular formula is C23H23F3N2O3. The molecular weight excluding hydrogens is 409 g/mol. The zero-order chi connectivity index (χ0) is 22.4. The van der Waals surface area contributed by atoms with Crippen molar-refractivity contribution in [3.63, 3.8) is 0 Å². The van der Waals surface area contributed by atoms with Crippen LogP contribution in [0.3, 0.4) is 0 Å². The number of nitrogens with one attached hydrogen (secondary N) is 1. The second kappa shape index (κ2) is 9.65. The molecule has 1 heterocycles. The Kier molecular flexibility index (Phi) is 6.95. The molecule has 3 rings (SSSR count). The van der Waals surface area contributed by atoms with E-state index in [1.54, 1.807) is 25.2 Å². The average molecular weight is 432 g/mol. The van der Waals surface area contributed by atoms with Crippen LogP contribution in [0.1, 0.15) is 35.6 Å². The van der Waals surface area contributed by atoms with Gasteiger partial charge >= 0.3 is 12.2 Å². The van der Waals surface area contributed by atoms with Crippen LogP contribution < -0.4 is 14.8 Å². The summed E-state index contributed by atoms with van der Waals surface area (Å²) in [5.41, 5.74) is 0.351. The first kappa shape index (κ1) is 22.3. The smallest absolute Gasteiger partial charge is 0.416 e. The van der Waals surface area contributed by atoms with E-state index < -0.39 is 11.7 Å². The van der Waals surface area contributed by atoms with Gasteiger partial charge in [-0.1, -0.05) is 17.9 Å². The fourth-order valence-electron chi connectivity index (χ4n) is 3.57. The lowest BCUT2D eigenvalue weighted by Gasteiger charge is -2.26. The summed E-state index contributed by atoms with van der Waals surface area (Å²) in [6, 6.07) is 9.80. The molecule has 1 fully saturated rings. The van der Waals surface area contributed by atoms with E-state index in [4.69, 9.17) is 9.47 Å². The molecule has 0 saturated carbocycles. The Labute approximate surface area is 179 Å². The molecule has 1 saturated heterocycles. The topological polar surface area (TPSA) is 50.8 Å². The molecule has 1 aliphatic rings. The minimum atomic E-state index is -4.42. The number of methoxy groups -OCH3 is 2. The fraction of sp³-hybridized carbons (Fsp3) is 0.348. The number of hydrogen-bond donors (Lipinski definition) is 1. The molecule has 0 radical (unpaired) electrons. The SMILES string of the molecule is COc1ccc(OC)c(C2CCCN2C(=O)NCC#Cc2cccc(C(F)(F)F)c2)c1. The molecule has 0 aliphatic carbocycles. The summed E-state index contributed by atoms with van der Waals surface area (Å²) in [5.74, 6) is 6.72. The summed E-state index contributed by atoms with van der Waals surface area (Å²) in [4.78, 5) is 14.4. The van der Waals surface area contributed by atoms with Crippen LogP contribution in [-0.2, 0) is 6.18 Å². The monoisotopic (exact) mass is 432 g/mol. The molecule has 2 aromatic rings. The van der Waals surface area contributed by atoms with Crippen molar-refractivity contribution in [1.82, 2.24) is 10.2 Å². The van der Waals surface area contributed by atoms with Gasteiger partial charge in [-0.15, -0.1) is 0 Å². The number of ether oxygens (including phenoxy) is 2. The Morgan fingerprint density at radius 3 is 2.71 bits per heavy atom. The minimum Gasteiger partial charge on any atom is -0.497 e. The molecule has 0 bridgehead atoms.